The van der Waals surface area contributed by atoms with E-state index in [1.54, 1.807) is 26.0 Å². The standard InChI is InChI=1S/C26H36O14/c1-25(2,17(28)7-13-6-12-4-5-18(29)38-15(12)8-14(13)35-3)40-23-21(32)20(31)19(30)16(39-23)9-36-24-22(33)26(34,10-27)11-37-24/h4-6,8,16-17,19-24,27-28,30-34H,7,9-11H2,1-3H3. The number of benzene rings is 1. The molecule has 3 heterocycles. The lowest BCUT2D eigenvalue weighted by Crippen LogP contribution is -2.61. The molecule has 2 saturated heterocycles. The van der Waals surface area contributed by atoms with Gasteiger partial charge in [0, 0.05) is 23.9 Å². The van der Waals surface area contributed by atoms with Crippen molar-refractivity contribution in [2.24, 2.45) is 0 Å². The van der Waals surface area contributed by atoms with Gasteiger partial charge in [0.2, 0.25) is 0 Å². The molecule has 2 fully saturated rings. The maximum Gasteiger partial charge on any atom is 0.336 e. The van der Waals surface area contributed by atoms with Crippen LogP contribution in [0.5, 0.6) is 5.75 Å². The van der Waals surface area contributed by atoms with E-state index in [0.29, 0.717) is 22.3 Å². The Balaban J connectivity index is 1.43. The number of aliphatic hydroxyl groups excluding tert-OH is 6. The van der Waals surface area contributed by atoms with E-state index in [0.717, 1.165) is 0 Å². The molecule has 14 heteroatoms. The lowest BCUT2D eigenvalue weighted by Gasteiger charge is -2.44. The summed E-state index contributed by atoms with van der Waals surface area (Å²) in [5, 5.41) is 72.6. The molecule has 0 bridgehead atoms. The molecule has 40 heavy (non-hydrogen) atoms. The number of ether oxygens (including phenoxy) is 5. The molecule has 0 saturated carbocycles. The van der Waals surface area contributed by atoms with Crippen LogP contribution in [0.25, 0.3) is 11.0 Å². The van der Waals surface area contributed by atoms with Crippen molar-refractivity contribution in [2.45, 2.75) is 80.7 Å². The van der Waals surface area contributed by atoms with E-state index in [4.69, 9.17) is 28.1 Å². The molecule has 224 valence electrons. The zero-order chi connectivity index (χ0) is 29.4. The second kappa shape index (κ2) is 12.0. The SMILES string of the molecule is COc1cc2oc(=O)ccc2cc1CC(O)C(C)(C)OC1OC(COC2OCC(O)(CO)C2O)C(O)C(O)C1O. The van der Waals surface area contributed by atoms with Crippen molar-refractivity contribution < 1.29 is 63.8 Å². The van der Waals surface area contributed by atoms with Gasteiger partial charge in [-0.15, -0.1) is 0 Å². The van der Waals surface area contributed by atoms with Crippen LogP contribution in [0.4, 0.5) is 0 Å². The molecule has 7 N–H and O–H groups in total. The summed E-state index contributed by atoms with van der Waals surface area (Å²) in [4.78, 5) is 11.5. The highest BCUT2D eigenvalue weighted by Crippen LogP contribution is 2.32. The smallest absolute Gasteiger partial charge is 0.336 e. The van der Waals surface area contributed by atoms with Gasteiger partial charge in [0.1, 0.15) is 47.5 Å². The minimum absolute atomic E-state index is 0.0243. The molecule has 9 unspecified atom stereocenters. The zero-order valence-electron chi connectivity index (χ0n) is 22.2. The largest absolute Gasteiger partial charge is 0.496 e. The van der Waals surface area contributed by atoms with Gasteiger partial charge in [-0.05, 0) is 31.5 Å². The summed E-state index contributed by atoms with van der Waals surface area (Å²) in [6.07, 6.45) is -11.9. The Morgan fingerprint density at radius 1 is 1.10 bits per heavy atom. The van der Waals surface area contributed by atoms with E-state index in [2.05, 4.69) is 0 Å². The summed E-state index contributed by atoms with van der Waals surface area (Å²) in [6.45, 7) is 1.49. The second-order valence-corrected chi connectivity index (χ2v) is 10.6. The van der Waals surface area contributed by atoms with E-state index in [1.165, 1.54) is 19.2 Å². The first-order valence-corrected chi connectivity index (χ1v) is 12.7. The highest BCUT2D eigenvalue weighted by molar-refractivity contribution is 5.79. The van der Waals surface area contributed by atoms with Crippen LogP contribution >= 0.6 is 0 Å². The highest BCUT2D eigenvalue weighted by atomic mass is 16.7. The number of hydrogen-bond acceptors (Lipinski definition) is 14. The molecule has 2 aliphatic rings. The third-order valence-corrected chi connectivity index (χ3v) is 7.33. The molecule has 2 aliphatic heterocycles. The summed E-state index contributed by atoms with van der Waals surface area (Å²) < 4.78 is 32.7. The summed E-state index contributed by atoms with van der Waals surface area (Å²) in [7, 11) is 1.43. The van der Waals surface area contributed by atoms with Gasteiger partial charge in [0.25, 0.3) is 0 Å². The molecule has 9 atom stereocenters. The molecule has 0 spiro atoms. The van der Waals surface area contributed by atoms with Crippen molar-refractivity contribution in [1.82, 2.24) is 0 Å². The number of hydrogen-bond donors (Lipinski definition) is 7. The van der Waals surface area contributed by atoms with E-state index in [1.807, 2.05) is 0 Å². The first kappa shape index (κ1) is 30.7. The van der Waals surface area contributed by atoms with Crippen LogP contribution in [-0.4, -0.2) is 123 Å². The summed E-state index contributed by atoms with van der Waals surface area (Å²) in [6, 6.07) is 6.10. The van der Waals surface area contributed by atoms with Crippen LogP contribution in [0, 0.1) is 0 Å². The molecule has 1 aromatic carbocycles. The van der Waals surface area contributed by atoms with Crippen LogP contribution in [0.2, 0.25) is 0 Å². The maximum absolute atomic E-state index is 11.5. The van der Waals surface area contributed by atoms with Crippen molar-refractivity contribution in [3.63, 3.8) is 0 Å². The van der Waals surface area contributed by atoms with Crippen molar-refractivity contribution in [1.29, 1.82) is 0 Å². The third-order valence-electron chi connectivity index (χ3n) is 7.33. The fraction of sp³-hybridized carbons (Fsp3) is 0.654. The summed E-state index contributed by atoms with van der Waals surface area (Å²) >= 11 is 0. The van der Waals surface area contributed by atoms with Crippen molar-refractivity contribution in [3.05, 3.63) is 40.2 Å². The van der Waals surface area contributed by atoms with Crippen LogP contribution < -0.4 is 10.4 Å². The second-order valence-electron chi connectivity index (χ2n) is 10.6. The molecule has 4 rings (SSSR count). The van der Waals surface area contributed by atoms with E-state index >= 15 is 0 Å². The molecule has 2 aromatic rings. The van der Waals surface area contributed by atoms with Gasteiger partial charge in [0.15, 0.2) is 12.6 Å². The molecule has 14 nitrogen and oxygen atoms in total. The van der Waals surface area contributed by atoms with Gasteiger partial charge >= 0.3 is 5.63 Å². The van der Waals surface area contributed by atoms with Crippen LogP contribution in [0.1, 0.15) is 19.4 Å². The lowest BCUT2D eigenvalue weighted by molar-refractivity contribution is -0.336. The van der Waals surface area contributed by atoms with Gasteiger partial charge in [-0.3, -0.25) is 0 Å². The van der Waals surface area contributed by atoms with E-state index in [-0.39, 0.29) is 13.0 Å². The number of aliphatic hydroxyl groups is 7. The first-order chi connectivity index (χ1) is 18.8. The fourth-order valence-electron chi connectivity index (χ4n) is 4.60. The van der Waals surface area contributed by atoms with Crippen LogP contribution in [-0.2, 0) is 25.4 Å². The van der Waals surface area contributed by atoms with Crippen LogP contribution in [0.15, 0.2) is 33.5 Å². The van der Waals surface area contributed by atoms with E-state index in [9.17, 15) is 40.5 Å². The average molecular weight is 573 g/mol. The fourth-order valence-corrected chi connectivity index (χ4v) is 4.60. The predicted octanol–water partition coefficient (Wildman–Crippen LogP) is -2.23. The van der Waals surface area contributed by atoms with Gasteiger partial charge < -0.3 is 63.8 Å². The molecular weight excluding hydrogens is 536 g/mol. The highest BCUT2D eigenvalue weighted by Gasteiger charge is 2.50. The Labute approximate surface area is 228 Å². The van der Waals surface area contributed by atoms with E-state index < -0.39 is 79.2 Å². The Hall–Kier alpha value is -2.21. The number of methoxy groups -OCH3 is 1. The topological polar surface area (TPSA) is 218 Å². The Kier molecular flexibility index (Phi) is 9.19. The van der Waals surface area contributed by atoms with Crippen LogP contribution in [0.3, 0.4) is 0 Å². The van der Waals surface area contributed by atoms with Crippen molar-refractivity contribution >= 4 is 11.0 Å². The maximum atomic E-state index is 11.5. The Morgan fingerprint density at radius 2 is 1.82 bits per heavy atom. The normalized spacial score (nSPS) is 33.8. The van der Waals surface area contributed by atoms with Gasteiger partial charge in [-0.25, -0.2) is 4.79 Å². The number of rotatable bonds is 10. The molecule has 0 amide bonds. The van der Waals surface area contributed by atoms with Gasteiger partial charge in [-0.1, -0.05) is 0 Å². The number of fused-ring (bicyclic) bond motifs is 1. The average Bonchev–Trinajstić information content (AvgIpc) is 3.21. The Bertz CT molecular complexity index is 1220. The predicted molar refractivity (Wildman–Crippen MR) is 134 cm³/mol. The summed E-state index contributed by atoms with van der Waals surface area (Å²) in [5.74, 6) is 0.367. The minimum atomic E-state index is -1.92. The summed E-state index contributed by atoms with van der Waals surface area (Å²) in [5.41, 5.74) is -2.91. The molecule has 1 aromatic heterocycles. The third kappa shape index (κ3) is 6.17. The minimum Gasteiger partial charge on any atom is -0.496 e. The molecule has 0 aliphatic carbocycles. The van der Waals surface area contributed by atoms with Crippen molar-refractivity contribution in [2.75, 3.05) is 26.9 Å². The first-order valence-electron chi connectivity index (χ1n) is 12.7. The Morgan fingerprint density at radius 3 is 2.48 bits per heavy atom. The lowest BCUT2D eigenvalue weighted by atomic mass is 9.93. The van der Waals surface area contributed by atoms with Crippen molar-refractivity contribution in [3.8, 4) is 5.75 Å². The van der Waals surface area contributed by atoms with Gasteiger partial charge in [0.05, 0.1) is 38.6 Å². The quantitative estimate of drug-likeness (QED) is 0.150. The monoisotopic (exact) mass is 572 g/mol. The molecular formula is C26H36O14. The van der Waals surface area contributed by atoms with Gasteiger partial charge in [-0.2, -0.15) is 0 Å². The zero-order valence-corrected chi connectivity index (χ0v) is 22.2. The molecule has 0 radical (unpaired) electrons.